The van der Waals surface area contributed by atoms with Crippen molar-refractivity contribution in [1.82, 2.24) is 14.8 Å². The molecule has 0 saturated carbocycles. The second kappa shape index (κ2) is 10.4. The number of hydrogen-bond donors (Lipinski definition) is 1. The van der Waals surface area contributed by atoms with E-state index in [1.54, 1.807) is 0 Å². The molecule has 39 heavy (non-hydrogen) atoms. The van der Waals surface area contributed by atoms with Crippen molar-refractivity contribution < 1.29 is 0 Å². The third-order valence-corrected chi connectivity index (χ3v) is 6.96. The molecule has 1 N–H and O–H groups in total. The van der Waals surface area contributed by atoms with E-state index >= 15 is 0 Å². The normalized spacial score (nSPS) is 10.9. The molecule has 2 heterocycles. The molecule has 0 aliphatic rings. The maximum Gasteiger partial charge on any atom is 0.0704 e. The van der Waals surface area contributed by atoms with Gasteiger partial charge in [0.25, 0.3) is 0 Å². The van der Waals surface area contributed by atoms with Crippen molar-refractivity contribution >= 4 is 11.4 Å². The van der Waals surface area contributed by atoms with Crippen LogP contribution in [0.1, 0.15) is 17.0 Å². The van der Waals surface area contributed by atoms with Gasteiger partial charge < -0.3 is 5.32 Å². The van der Waals surface area contributed by atoms with E-state index in [-0.39, 0.29) is 0 Å². The zero-order chi connectivity index (χ0) is 26.8. The van der Waals surface area contributed by atoms with E-state index in [0.717, 1.165) is 62.0 Å². The molecule has 6 rings (SSSR count). The van der Waals surface area contributed by atoms with Crippen molar-refractivity contribution in [2.45, 2.75) is 20.8 Å². The Morgan fingerprint density at radius 3 is 1.72 bits per heavy atom. The molecule has 0 fully saturated rings. The first-order chi connectivity index (χ1) is 19.0. The highest BCUT2D eigenvalue weighted by atomic mass is 15.3. The van der Waals surface area contributed by atoms with Crippen LogP contribution in [0.2, 0.25) is 0 Å². The molecular weight excluding hydrogens is 476 g/mol. The van der Waals surface area contributed by atoms with Crippen molar-refractivity contribution in [1.29, 1.82) is 0 Å². The summed E-state index contributed by atoms with van der Waals surface area (Å²) in [6, 6.07) is 40.3. The fraction of sp³-hybridized carbons (Fsp3) is 0.0857. The Labute approximate surface area is 229 Å². The second-order valence-electron chi connectivity index (χ2n) is 9.90. The van der Waals surface area contributed by atoms with Gasteiger partial charge in [0.1, 0.15) is 0 Å². The molecule has 4 heteroatoms. The minimum Gasteiger partial charge on any atom is -0.355 e. The van der Waals surface area contributed by atoms with Gasteiger partial charge in [0.05, 0.1) is 17.1 Å². The van der Waals surface area contributed by atoms with Gasteiger partial charge in [0.2, 0.25) is 0 Å². The van der Waals surface area contributed by atoms with Crippen LogP contribution in [0.15, 0.2) is 121 Å². The van der Waals surface area contributed by atoms with E-state index in [0.29, 0.717) is 0 Å². The predicted molar refractivity (Wildman–Crippen MR) is 162 cm³/mol. The Morgan fingerprint density at radius 1 is 0.590 bits per heavy atom. The molecule has 190 valence electrons. The van der Waals surface area contributed by atoms with Gasteiger partial charge in [-0.15, -0.1) is 0 Å². The fourth-order valence-corrected chi connectivity index (χ4v) is 5.02. The zero-order valence-electron chi connectivity index (χ0n) is 22.4. The summed E-state index contributed by atoms with van der Waals surface area (Å²) in [6.07, 6.45) is 1.86. The number of benzene rings is 4. The molecule has 0 aliphatic carbocycles. The van der Waals surface area contributed by atoms with E-state index < -0.39 is 0 Å². The van der Waals surface area contributed by atoms with Crippen molar-refractivity contribution in [3.8, 4) is 39.2 Å². The number of aryl methyl sites for hydroxylation is 3. The number of para-hydroxylation sites is 2. The molecule has 0 atom stereocenters. The third-order valence-electron chi connectivity index (χ3n) is 6.96. The largest absolute Gasteiger partial charge is 0.355 e. The number of aromatic nitrogens is 3. The van der Waals surface area contributed by atoms with E-state index in [4.69, 9.17) is 0 Å². The van der Waals surface area contributed by atoms with Gasteiger partial charge >= 0.3 is 0 Å². The van der Waals surface area contributed by atoms with Crippen molar-refractivity contribution in [3.05, 3.63) is 138 Å². The lowest BCUT2D eigenvalue weighted by atomic mass is 9.99. The molecule has 0 amide bonds. The molecule has 2 aromatic heterocycles. The summed E-state index contributed by atoms with van der Waals surface area (Å²) < 4.78 is 1.99. The first kappa shape index (κ1) is 24.4. The number of anilines is 2. The second-order valence-corrected chi connectivity index (χ2v) is 9.90. The Kier molecular flexibility index (Phi) is 6.52. The standard InChI is InChI=1S/C35H30N4/c1-24-20-21-36-35(22-24)29-14-12-27(13-15-29)31-8-4-6-10-33(31)37-34-11-7-5-9-32(34)28-16-18-30(19-17-28)39-26(3)23-25(2)38-39/h4-23,37H,1-3H3. The van der Waals surface area contributed by atoms with Crippen LogP contribution in [0, 0.1) is 20.8 Å². The van der Waals surface area contributed by atoms with Crippen LogP contribution < -0.4 is 5.32 Å². The lowest BCUT2D eigenvalue weighted by Crippen LogP contribution is -1.99. The molecule has 0 bridgehead atoms. The summed E-state index contributed by atoms with van der Waals surface area (Å²) in [5.74, 6) is 0. The molecule has 0 unspecified atom stereocenters. The van der Waals surface area contributed by atoms with E-state index in [1.807, 2.05) is 23.9 Å². The first-order valence-electron chi connectivity index (χ1n) is 13.2. The number of pyridine rings is 1. The SMILES string of the molecule is Cc1ccnc(-c2ccc(-c3ccccc3Nc3ccccc3-c3ccc(-n4nc(C)cc4C)cc3)cc2)c1. The highest BCUT2D eigenvalue weighted by Gasteiger charge is 2.11. The molecule has 0 saturated heterocycles. The number of rotatable bonds is 6. The highest BCUT2D eigenvalue weighted by molar-refractivity contribution is 5.87. The van der Waals surface area contributed by atoms with Crippen LogP contribution in [0.25, 0.3) is 39.2 Å². The minimum atomic E-state index is 0.991. The van der Waals surface area contributed by atoms with E-state index in [9.17, 15) is 0 Å². The van der Waals surface area contributed by atoms with Crippen molar-refractivity contribution in [2.75, 3.05) is 5.32 Å². The molecule has 4 aromatic carbocycles. The summed E-state index contributed by atoms with van der Waals surface area (Å²) in [7, 11) is 0. The van der Waals surface area contributed by atoms with Crippen LogP contribution in [0.5, 0.6) is 0 Å². The Hall–Kier alpha value is -4.96. The Balaban J connectivity index is 1.30. The van der Waals surface area contributed by atoms with Crippen LogP contribution >= 0.6 is 0 Å². The smallest absolute Gasteiger partial charge is 0.0704 e. The van der Waals surface area contributed by atoms with Gasteiger partial charge in [-0.2, -0.15) is 5.10 Å². The van der Waals surface area contributed by atoms with Gasteiger partial charge in [0.15, 0.2) is 0 Å². The van der Waals surface area contributed by atoms with Gasteiger partial charge in [-0.1, -0.05) is 72.8 Å². The van der Waals surface area contributed by atoms with Crippen molar-refractivity contribution in [2.24, 2.45) is 0 Å². The topological polar surface area (TPSA) is 42.7 Å². The number of hydrogen-bond acceptors (Lipinski definition) is 3. The van der Waals surface area contributed by atoms with Crippen molar-refractivity contribution in [3.63, 3.8) is 0 Å². The Bertz CT molecular complexity index is 1750. The minimum absolute atomic E-state index is 0.991. The first-order valence-corrected chi connectivity index (χ1v) is 13.2. The zero-order valence-corrected chi connectivity index (χ0v) is 22.4. The monoisotopic (exact) mass is 506 g/mol. The van der Waals surface area contributed by atoms with Crippen LogP contribution in [0.4, 0.5) is 11.4 Å². The predicted octanol–water partition coefficient (Wildman–Crippen LogP) is 8.94. The molecule has 0 spiro atoms. The van der Waals surface area contributed by atoms with Crippen LogP contribution in [0.3, 0.4) is 0 Å². The third kappa shape index (κ3) is 5.10. The Morgan fingerprint density at radius 2 is 1.15 bits per heavy atom. The highest BCUT2D eigenvalue weighted by Crippen LogP contribution is 2.35. The van der Waals surface area contributed by atoms with Crippen LogP contribution in [-0.2, 0) is 0 Å². The summed E-state index contributed by atoms with van der Waals surface area (Å²) in [4.78, 5) is 4.53. The summed E-state index contributed by atoms with van der Waals surface area (Å²) in [5, 5.41) is 8.34. The van der Waals surface area contributed by atoms with E-state index in [2.05, 4.69) is 138 Å². The number of nitrogens with zero attached hydrogens (tertiary/aromatic N) is 3. The molecule has 4 nitrogen and oxygen atoms in total. The molecule has 0 aliphatic heterocycles. The van der Waals surface area contributed by atoms with Gasteiger partial charge in [-0.3, -0.25) is 4.98 Å². The molecular formula is C35H30N4. The maximum atomic E-state index is 4.62. The quantitative estimate of drug-likeness (QED) is 0.245. The van der Waals surface area contributed by atoms with Gasteiger partial charge in [-0.05, 0) is 79.9 Å². The van der Waals surface area contributed by atoms with Gasteiger partial charge in [-0.25, -0.2) is 4.68 Å². The molecule has 0 radical (unpaired) electrons. The lowest BCUT2D eigenvalue weighted by molar-refractivity contribution is 0.834. The van der Waals surface area contributed by atoms with E-state index in [1.165, 1.54) is 5.56 Å². The van der Waals surface area contributed by atoms with Crippen LogP contribution in [-0.4, -0.2) is 14.8 Å². The number of nitrogens with one attached hydrogen (secondary N) is 1. The van der Waals surface area contributed by atoms with Gasteiger partial charge in [0, 0.05) is 40.0 Å². The summed E-state index contributed by atoms with van der Waals surface area (Å²) in [5.41, 5.74) is 13.2. The average Bonchev–Trinajstić information content (AvgIpc) is 3.31. The molecule has 6 aromatic rings. The summed E-state index contributed by atoms with van der Waals surface area (Å²) in [6.45, 7) is 6.19. The average molecular weight is 507 g/mol. The maximum absolute atomic E-state index is 4.62. The summed E-state index contributed by atoms with van der Waals surface area (Å²) >= 11 is 0. The lowest BCUT2D eigenvalue weighted by Gasteiger charge is -2.16. The fourth-order valence-electron chi connectivity index (χ4n) is 5.02.